The lowest BCUT2D eigenvalue weighted by Crippen LogP contribution is -1.86. The molecule has 0 aromatic carbocycles. The first-order valence-corrected chi connectivity index (χ1v) is 3.83. The second-order valence-electron chi connectivity index (χ2n) is 2.54. The standard InChI is InChI=1S/C9H15O/c1-3-6-9(2)7-4-5-8-10/h4,7,9H,3,5-6H2,1-2H3/b7-4+. The molecule has 0 aromatic rings. The zero-order valence-electron chi connectivity index (χ0n) is 6.76. The molecule has 1 unspecified atom stereocenters. The van der Waals surface area contributed by atoms with Gasteiger partial charge in [-0.3, -0.25) is 4.79 Å². The van der Waals surface area contributed by atoms with Crippen molar-refractivity contribution >= 4 is 6.29 Å². The molecule has 0 aliphatic carbocycles. The summed E-state index contributed by atoms with van der Waals surface area (Å²) in [4.78, 5) is 9.77. The Bertz CT molecular complexity index is 105. The Balaban J connectivity index is 3.34. The van der Waals surface area contributed by atoms with Crippen molar-refractivity contribution in [3.63, 3.8) is 0 Å². The van der Waals surface area contributed by atoms with E-state index >= 15 is 0 Å². The Kier molecular flexibility index (Phi) is 6.14. The number of allylic oxidation sites excluding steroid dienone is 2. The molecule has 0 fully saturated rings. The minimum Gasteiger partial charge on any atom is -0.291 e. The van der Waals surface area contributed by atoms with Crippen molar-refractivity contribution in [2.45, 2.75) is 33.1 Å². The molecule has 57 valence electrons. The lowest BCUT2D eigenvalue weighted by atomic mass is 10.1. The largest absolute Gasteiger partial charge is 0.291 e. The van der Waals surface area contributed by atoms with E-state index in [1.807, 2.05) is 12.4 Å². The van der Waals surface area contributed by atoms with Crippen LogP contribution in [0.2, 0.25) is 0 Å². The Morgan fingerprint density at radius 2 is 2.30 bits per heavy atom. The van der Waals surface area contributed by atoms with E-state index in [-0.39, 0.29) is 0 Å². The van der Waals surface area contributed by atoms with Gasteiger partial charge in [0.2, 0.25) is 6.29 Å². The van der Waals surface area contributed by atoms with Gasteiger partial charge in [0.1, 0.15) is 0 Å². The van der Waals surface area contributed by atoms with Crippen molar-refractivity contribution in [1.29, 1.82) is 0 Å². The summed E-state index contributed by atoms with van der Waals surface area (Å²) in [5, 5.41) is 0. The van der Waals surface area contributed by atoms with Gasteiger partial charge >= 0.3 is 0 Å². The highest BCUT2D eigenvalue weighted by Crippen LogP contribution is 2.05. The highest BCUT2D eigenvalue weighted by molar-refractivity contribution is 5.52. The second kappa shape index (κ2) is 6.53. The Labute approximate surface area is 63.1 Å². The number of hydrogen-bond donors (Lipinski definition) is 0. The normalized spacial score (nSPS) is 13.8. The van der Waals surface area contributed by atoms with Gasteiger partial charge in [0.25, 0.3) is 0 Å². The molecule has 0 N–H and O–H groups in total. The van der Waals surface area contributed by atoms with Crippen molar-refractivity contribution in [3.8, 4) is 0 Å². The van der Waals surface area contributed by atoms with Crippen molar-refractivity contribution in [3.05, 3.63) is 12.2 Å². The summed E-state index contributed by atoms with van der Waals surface area (Å²) in [6.45, 7) is 4.32. The van der Waals surface area contributed by atoms with E-state index in [0.717, 1.165) is 0 Å². The molecule has 0 heterocycles. The SMILES string of the molecule is CCCC(C)/C=C/C[C]=O. The monoisotopic (exact) mass is 139 g/mol. The quantitative estimate of drug-likeness (QED) is 0.535. The van der Waals surface area contributed by atoms with E-state index in [1.165, 1.54) is 12.8 Å². The highest BCUT2D eigenvalue weighted by atomic mass is 16.1. The highest BCUT2D eigenvalue weighted by Gasteiger charge is 1.91. The van der Waals surface area contributed by atoms with E-state index < -0.39 is 0 Å². The van der Waals surface area contributed by atoms with Crippen LogP contribution in [0.15, 0.2) is 12.2 Å². The zero-order valence-corrected chi connectivity index (χ0v) is 6.76. The van der Waals surface area contributed by atoms with Gasteiger partial charge in [0.05, 0.1) is 0 Å². The maximum atomic E-state index is 9.77. The number of hydrogen-bond acceptors (Lipinski definition) is 1. The van der Waals surface area contributed by atoms with Gasteiger partial charge in [0.15, 0.2) is 0 Å². The van der Waals surface area contributed by atoms with Crippen LogP contribution in [0.5, 0.6) is 0 Å². The van der Waals surface area contributed by atoms with Crippen LogP contribution in [0.3, 0.4) is 0 Å². The molecule has 10 heavy (non-hydrogen) atoms. The third-order valence-corrected chi connectivity index (χ3v) is 1.41. The number of rotatable bonds is 5. The first-order valence-electron chi connectivity index (χ1n) is 3.83. The van der Waals surface area contributed by atoms with Crippen LogP contribution in [-0.4, -0.2) is 6.29 Å². The third-order valence-electron chi connectivity index (χ3n) is 1.41. The summed E-state index contributed by atoms with van der Waals surface area (Å²) >= 11 is 0. The fraction of sp³-hybridized carbons (Fsp3) is 0.667. The molecular weight excluding hydrogens is 124 g/mol. The molecule has 0 saturated carbocycles. The lowest BCUT2D eigenvalue weighted by molar-refractivity contribution is 0.555. The van der Waals surface area contributed by atoms with Crippen molar-refractivity contribution in [1.82, 2.24) is 0 Å². The number of carbonyl (C=O) groups excluding carboxylic acids is 1. The molecule has 0 amide bonds. The molecule has 0 spiro atoms. The fourth-order valence-electron chi connectivity index (χ4n) is 0.900. The van der Waals surface area contributed by atoms with Crippen LogP contribution >= 0.6 is 0 Å². The molecule has 1 atom stereocenters. The summed E-state index contributed by atoms with van der Waals surface area (Å²) < 4.78 is 0. The van der Waals surface area contributed by atoms with Crippen LogP contribution in [0, 0.1) is 5.92 Å². The Morgan fingerprint density at radius 3 is 2.80 bits per heavy atom. The van der Waals surface area contributed by atoms with Gasteiger partial charge in [-0.2, -0.15) is 0 Å². The molecule has 0 saturated heterocycles. The van der Waals surface area contributed by atoms with Gasteiger partial charge in [-0.05, 0) is 12.3 Å². The summed E-state index contributed by atoms with van der Waals surface area (Å²) in [6, 6.07) is 0. The van der Waals surface area contributed by atoms with E-state index in [9.17, 15) is 4.79 Å². The van der Waals surface area contributed by atoms with Gasteiger partial charge in [0, 0.05) is 6.42 Å². The average Bonchev–Trinajstić information content (AvgIpc) is 1.89. The van der Waals surface area contributed by atoms with E-state index in [0.29, 0.717) is 12.3 Å². The molecule has 0 rings (SSSR count). The summed E-state index contributed by atoms with van der Waals surface area (Å²) in [7, 11) is 0. The van der Waals surface area contributed by atoms with Crippen LogP contribution in [0.1, 0.15) is 33.1 Å². The van der Waals surface area contributed by atoms with Crippen LogP contribution in [-0.2, 0) is 4.79 Å². The smallest absolute Gasteiger partial charge is 0.202 e. The van der Waals surface area contributed by atoms with Gasteiger partial charge in [-0.25, -0.2) is 0 Å². The van der Waals surface area contributed by atoms with Crippen LogP contribution in [0.25, 0.3) is 0 Å². The molecule has 1 nitrogen and oxygen atoms in total. The molecule has 0 aliphatic rings. The van der Waals surface area contributed by atoms with Crippen LogP contribution in [0.4, 0.5) is 0 Å². The molecule has 0 aliphatic heterocycles. The molecular formula is C9H15O. The molecule has 0 bridgehead atoms. The van der Waals surface area contributed by atoms with Gasteiger partial charge in [-0.15, -0.1) is 0 Å². The maximum Gasteiger partial charge on any atom is 0.202 e. The predicted molar refractivity (Wildman–Crippen MR) is 43.5 cm³/mol. The fourth-order valence-corrected chi connectivity index (χ4v) is 0.900. The Hall–Kier alpha value is -0.590. The minimum absolute atomic E-state index is 0.439. The summed E-state index contributed by atoms with van der Waals surface area (Å²) in [6.07, 6.45) is 8.64. The van der Waals surface area contributed by atoms with E-state index in [4.69, 9.17) is 0 Å². The summed E-state index contributed by atoms with van der Waals surface area (Å²) in [5.74, 6) is 0.610. The summed E-state index contributed by atoms with van der Waals surface area (Å²) in [5.41, 5.74) is 0. The van der Waals surface area contributed by atoms with Crippen molar-refractivity contribution in [2.24, 2.45) is 5.92 Å². The molecule has 0 aromatic heterocycles. The van der Waals surface area contributed by atoms with Crippen LogP contribution < -0.4 is 0 Å². The average molecular weight is 139 g/mol. The third kappa shape index (κ3) is 5.54. The van der Waals surface area contributed by atoms with Crippen molar-refractivity contribution in [2.75, 3.05) is 0 Å². The molecule has 1 radical (unpaired) electrons. The maximum absolute atomic E-state index is 9.77. The zero-order chi connectivity index (χ0) is 7.82. The predicted octanol–water partition coefficient (Wildman–Crippen LogP) is 2.48. The lowest BCUT2D eigenvalue weighted by Gasteiger charge is -2.00. The second-order valence-corrected chi connectivity index (χ2v) is 2.54. The topological polar surface area (TPSA) is 17.1 Å². The minimum atomic E-state index is 0.439. The van der Waals surface area contributed by atoms with Gasteiger partial charge in [-0.1, -0.05) is 32.4 Å². The molecule has 1 heteroatoms. The van der Waals surface area contributed by atoms with E-state index in [2.05, 4.69) is 19.9 Å². The first-order chi connectivity index (χ1) is 4.81. The Morgan fingerprint density at radius 1 is 1.60 bits per heavy atom. The van der Waals surface area contributed by atoms with Gasteiger partial charge < -0.3 is 0 Å². The first kappa shape index (κ1) is 9.41. The van der Waals surface area contributed by atoms with E-state index in [1.54, 1.807) is 0 Å². The van der Waals surface area contributed by atoms with Crippen molar-refractivity contribution < 1.29 is 4.79 Å².